The molecule has 5 heteroatoms. The van der Waals surface area contributed by atoms with Gasteiger partial charge in [0.2, 0.25) is 0 Å². The molecule has 0 spiro atoms. The van der Waals surface area contributed by atoms with Gasteiger partial charge in [-0.15, -0.1) is 0 Å². The van der Waals surface area contributed by atoms with Crippen LogP contribution in [0.1, 0.15) is 42.1 Å². The van der Waals surface area contributed by atoms with E-state index in [1.165, 1.54) is 0 Å². The smallest absolute Gasteiger partial charge is 0.254 e. The Hall–Kier alpha value is -2.40. The molecule has 1 fully saturated rings. The van der Waals surface area contributed by atoms with Crippen molar-refractivity contribution in [3.8, 4) is 5.75 Å². The first kappa shape index (κ1) is 17.4. The number of amides is 1. The van der Waals surface area contributed by atoms with Crippen molar-refractivity contribution >= 4 is 5.91 Å². The molecule has 2 aromatic rings. The molecule has 25 heavy (non-hydrogen) atoms. The average Bonchev–Trinajstić information content (AvgIpc) is 2.67. The van der Waals surface area contributed by atoms with Crippen LogP contribution in [0, 0.1) is 0 Å². The summed E-state index contributed by atoms with van der Waals surface area (Å²) in [6, 6.07) is 11.3. The molecule has 0 bridgehead atoms. The van der Waals surface area contributed by atoms with Gasteiger partial charge in [-0.2, -0.15) is 0 Å². The molecule has 0 saturated carbocycles. The number of ether oxygens (including phenoxy) is 1. The molecule has 3 rings (SSSR count). The number of pyridine rings is 1. The van der Waals surface area contributed by atoms with Crippen molar-refractivity contribution in [1.82, 2.24) is 9.88 Å². The molecular formula is C20H25N3O2. The molecule has 0 aliphatic carbocycles. The molecule has 1 aromatic heterocycles. The SMILES string of the molecule is C[C@@H](N)[C@@H]1CCCCN1C(=O)c1cccc(OCc2cccnc2)c1. The van der Waals surface area contributed by atoms with Crippen LogP contribution in [0.15, 0.2) is 48.8 Å². The number of nitrogens with two attached hydrogens (primary N) is 1. The van der Waals surface area contributed by atoms with Crippen molar-refractivity contribution in [2.45, 2.75) is 44.9 Å². The molecule has 1 amide bonds. The second kappa shape index (κ2) is 8.12. The Morgan fingerprint density at radius 2 is 2.24 bits per heavy atom. The minimum atomic E-state index is -0.0192. The normalized spacial score (nSPS) is 18.6. The van der Waals surface area contributed by atoms with Crippen LogP contribution in [-0.4, -0.2) is 34.4 Å². The Kier molecular flexibility index (Phi) is 5.66. The Labute approximate surface area is 148 Å². The number of piperidine rings is 1. The molecular weight excluding hydrogens is 314 g/mol. The monoisotopic (exact) mass is 339 g/mol. The lowest BCUT2D eigenvalue weighted by Crippen LogP contribution is -2.51. The van der Waals surface area contributed by atoms with Crippen LogP contribution < -0.4 is 10.5 Å². The van der Waals surface area contributed by atoms with Crippen molar-refractivity contribution in [1.29, 1.82) is 0 Å². The van der Waals surface area contributed by atoms with Crippen LogP contribution in [0.5, 0.6) is 5.75 Å². The van der Waals surface area contributed by atoms with Crippen molar-refractivity contribution in [2.75, 3.05) is 6.54 Å². The van der Waals surface area contributed by atoms with E-state index in [2.05, 4.69) is 4.98 Å². The van der Waals surface area contributed by atoms with E-state index in [0.29, 0.717) is 17.9 Å². The lowest BCUT2D eigenvalue weighted by molar-refractivity contribution is 0.0583. The zero-order chi connectivity index (χ0) is 17.6. The summed E-state index contributed by atoms with van der Waals surface area (Å²) in [5.74, 6) is 0.720. The molecule has 0 unspecified atom stereocenters. The van der Waals surface area contributed by atoms with Crippen LogP contribution >= 0.6 is 0 Å². The number of likely N-dealkylation sites (tertiary alicyclic amines) is 1. The third kappa shape index (κ3) is 4.37. The number of benzene rings is 1. The Balaban J connectivity index is 1.70. The fourth-order valence-corrected chi connectivity index (χ4v) is 3.29. The van der Waals surface area contributed by atoms with E-state index < -0.39 is 0 Å². The predicted octanol–water partition coefficient (Wildman–Crippen LogP) is 3.00. The van der Waals surface area contributed by atoms with Gasteiger partial charge in [-0.3, -0.25) is 9.78 Å². The maximum atomic E-state index is 12.9. The zero-order valence-corrected chi connectivity index (χ0v) is 14.6. The zero-order valence-electron chi connectivity index (χ0n) is 14.6. The molecule has 1 aliphatic rings. The van der Waals surface area contributed by atoms with Gasteiger partial charge in [-0.1, -0.05) is 12.1 Å². The number of hydrogen-bond acceptors (Lipinski definition) is 4. The summed E-state index contributed by atoms with van der Waals surface area (Å²) in [5, 5.41) is 0. The molecule has 1 saturated heterocycles. The Bertz CT molecular complexity index is 703. The van der Waals surface area contributed by atoms with Gasteiger partial charge in [0.15, 0.2) is 0 Å². The number of aromatic nitrogens is 1. The van der Waals surface area contributed by atoms with Crippen LogP contribution in [0.3, 0.4) is 0 Å². The van der Waals surface area contributed by atoms with E-state index >= 15 is 0 Å². The van der Waals surface area contributed by atoms with Gasteiger partial charge in [0.05, 0.1) is 0 Å². The fourth-order valence-electron chi connectivity index (χ4n) is 3.29. The minimum Gasteiger partial charge on any atom is -0.489 e. The third-order valence-electron chi connectivity index (χ3n) is 4.63. The Morgan fingerprint density at radius 3 is 3.00 bits per heavy atom. The van der Waals surface area contributed by atoms with E-state index in [4.69, 9.17) is 10.5 Å². The highest BCUT2D eigenvalue weighted by Crippen LogP contribution is 2.23. The molecule has 2 N–H and O–H groups in total. The van der Waals surface area contributed by atoms with Crippen LogP contribution in [0.4, 0.5) is 0 Å². The number of rotatable bonds is 5. The molecule has 132 valence electrons. The topological polar surface area (TPSA) is 68.5 Å². The minimum absolute atomic E-state index is 0.0192. The van der Waals surface area contributed by atoms with E-state index in [-0.39, 0.29) is 18.0 Å². The van der Waals surface area contributed by atoms with Crippen LogP contribution in [0.25, 0.3) is 0 Å². The quantitative estimate of drug-likeness (QED) is 0.909. The summed E-state index contributed by atoms with van der Waals surface area (Å²) in [6.07, 6.45) is 6.64. The molecule has 1 aromatic carbocycles. The molecule has 2 atom stereocenters. The highest BCUT2D eigenvalue weighted by atomic mass is 16.5. The largest absolute Gasteiger partial charge is 0.489 e. The standard InChI is InChI=1S/C20H25N3O2/c1-15(21)19-9-2-3-11-23(19)20(24)17-7-4-8-18(12-17)25-14-16-6-5-10-22-13-16/h4-8,10,12-13,15,19H,2-3,9,11,14,21H2,1H3/t15-,19+/m1/s1. The van der Waals surface area contributed by atoms with Crippen molar-refractivity contribution in [3.05, 3.63) is 59.9 Å². The first-order chi connectivity index (χ1) is 12.1. The van der Waals surface area contributed by atoms with Crippen molar-refractivity contribution in [2.24, 2.45) is 5.73 Å². The maximum Gasteiger partial charge on any atom is 0.254 e. The molecule has 1 aliphatic heterocycles. The van der Waals surface area contributed by atoms with E-state index in [1.807, 2.05) is 48.2 Å². The van der Waals surface area contributed by atoms with E-state index in [9.17, 15) is 4.79 Å². The highest BCUT2D eigenvalue weighted by Gasteiger charge is 2.29. The summed E-state index contributed by atoms with van der Waals surface area (Å²) in [7, 11) is 0. The highest BCUT2D eigenvalue weighted by molar-refractivity contribution is 5.95. The number of carbonyl (C=O) groups excluding carboxylic acids is 1. The number of nitrogens with zero attached hydrogens (tertiary/aromatic N) is 2. The lowest BCUT2D eigenvalue weighted by atomic mass is 9.96. The molecule has 0 radical (unpaired) electrons. The summed E-state index contributed by atoms with van der Waals surface area (Å²) < 4.78 is 5.81. The summed E-state index contributed by atoms with van der Waals surface area (Å²) in [5.41, 5.74) is 7.73. The van der Waals surface area contributed by atoms with Gasteiger partial charge in [-0.05, 0) is 50.5 Å². The van der Waals surface area contributed by atoms with Crippen LogP contribution in [0.2, 0.25) is 0 Å². The van der Waals surface area contributed by atoms with Gasteiger partial charge in [0.1, 0.15) is 12.4 Å². The predicted molar refractivity (Wildman–Crippen MR) is 97.3 cm³/mol. The van der Waals surface area contributed by atoms with E-state index in [0.717, 1.165) is 31.4 Å². The van der Waals surface area contributed by atoms with Gasteiger partial charge >= 0.3 is 0 Å². The molecule has 2 heterocycles. The summed E-state index contributed by atoms with van der Waals surface area (Å²) in [6.45, 7) is 3.17. The second-order valence-corrected chi connectivity index (χ2v) is 6.60. The molecule has 5 nitrogen and oxygen atoms in total. The van der Waals surface area contributed by atoms with E-state index in [1.54, 1.807) is 12.4 Å². The maximum absolute atomic E-state index is 12.9. The average molecular weight is 339 g/mol. The summed E-state index contributed by atoms with van der Waals surface area (Å²) >= 11 is 0. The number of carbonyl (C=O) groups is 1. The Morgan fingerprint density at radius 1 is 1.36 bits per heavy atom. The summed E-state index contributed by atoms with van der Waals surface area (Å²) in [4.78, 5) is 18.9. The third-order valence-corrected chi connectivity index (χ3v) is 4.63. The fraction of sp³-hybridized carbons (Fsp3) is 0.400. The number of hydrogen-bond donors (Lipinski definition) is 1. The van der Waals surface area contributed by atoms with Gasteiger partial charge < -0.3 is 15.4 Å². The van der Waals surface area contributed by atoms with Crippen LogP contribution in [-0.2, 0) is 6.61 Å². The van der Waals surface area contributed by atoms with Gasteiger partial charge in [-0.25, -0.2) is 0 Å². The van der Waals surface area contributed by atoms with Gasteiger partial charge in [0, 0.05) is 42.1 Å². The van der Waals surface area contributed by atoms with Gasteiger partial charge in [0.25, 0.3) is 5.91 Å². The second-order valence-electron chi connectivity index (χ2n) is 6.60. The first-order valence-corrected chi connectivity index (χ1v) is 8.83. The first-order valence-electron chi connectivity index (χ1n) is 8.83. The lowest BCUT2D eigenvalue weighted by Gasteiger charge is -2.38. The van der Waals surface area contributed by atoms with Crippen molar-refractivity contribution in [3.63, 3.8) is 0 Å². The van der Waals surface area contributed by atoms with Crippen molar-refractivity contribution < 1.29 is 9.53 Å².